The molecule has 1 aliphatic carbocycles. The molecule has 0 amide bonds. The lowest BCUT2D eigenvalue weighted by molar-refractivity contribution is 0.240. The lowest BCUT2D eigenvalue weighted by atomic mass is 10.3. The van der Waals surface area contributed by atoms with Crippen LogP contribution in [0.3, 0.4) is 0 Å². The zero-order valence-corrected chi connectivity index (χ0v) is 7.44. The molecule has 0 radical (unpaired) electrons. The highest BCUT2D eigenvalue weighted by Crippen LogP contribution is 2.23. The van der Waals surface area contributed by atoms with Crippen LogP contribution in [0.15, 0.2) is 11.8 Å². The Hall–Kier alpha value is -0.460. The van der Waals surface area contributed by atoms with Crippen LogP contribution in [0.2, 0.25) is 0 Å². The first-order chi connectivity index (χ1) is 5.43. The number of unbranched alkanes of at least 4 members (excludes halogenated alkanes) is 1. The van der Waals surface area contributed by atoms with Crippen molar-refractivity contribution < 1.29 is 4.74 Å². The van der Waals surface area contributed by atoms with Gasteiger partial charge in [0.05, 0.1) is 12.9 Å². The smallest absolute Gasteiger partial charge is 0.0873 e. The van der Waals surface area contributed by atoms with Crippen LogP contribution in [0, 0.1) is 0 Å². The highest BCUT2D eigenvalue weighted by Gasteiger charge is 2.05. The van der Waals surface area contributed by atoms with Crippen molar-refractivity contribution >= 4 is 0 Å². The number of hydrogen-bond acceptors (Lipinski definition) is 1. The summed E-state index contributed by atoms with van der Waals surface area (Å²) in [5, 5.41) is 0. The van der Waals surface area contributed by atoms with E-state index in [-0.39, 0.29) is 0 Å². The lowest BCUT2D eigenvalue weighted by Crippen LogP contribution is -1.86. The quantitative estimate of drug-likeness (QED) is 0.446. The minimum Gasteiger partial charge on any atom is -0.501 e. The predicted octanol–water partition coefficient (Wildman–Crippen LogP) is 3.26. The number of rotatable bonds is 4. The molecule has 0 aromatic rings. The molecule has 0 N–H and O–H groups in total. The van der Waals surface area contributed by atoms with Gasteiger partial charge in [-0.2, -0.15) is 0 Å². The van der Waals surface area contributed by atoms with E-state index in [9.17, 15) is 0 Å². The molecule has 1 heteroatoms. The summed E-state index contributed by atoms with van der Waals surface area (Å²) in [5.74, 6) is 0. The van der Waals surface area contributed by atoms with Crippen molar-refractivity contribution in [2.75, 3.05) is 6.61 Å². The second-order valence-electron chi connectivity index (χ2n) is 3.21. The van der Waals surface area contributed by atoms with Gasteiger partial charge in [-0.1, -0.05) is 13.3 Å². The average molecular weight is 154 g/mol. The molecule has 0 aromatic heterocycles. The van der Waals surface area contributed by atoms with Crippen molar-refractivity contribution in [3.63, 3.8) is 0 Å². The van der Waals surface area contributed by atoms with Crippen molar-refractivity contribution in [2.45, 2.75) is 45.4 Å². The summed E-state index contributed by atoms with van der Waals surface area (Å²) in [6.45, 7) is 3.09. The van der Waals surface area contributed by atoms with E-state index >= 15 is 0 Å². The van der Waals surface area contributed by atoms with Crippen molar-refractivity contribution in [3.8, 4) is 0 Å². The van der Waals surface area contributed by atoms with E-state index in [1.54, 1.807) is 0 Å². The van der Waals surface area contributed by atoms with Gasteiger partial charge in [0.25, 0.3) is 0 Å². The zero-order chi connectivity index (χ0) is 7.94. The molecule has 1 saturated carbocycles. The third-order valence-corrected chi connectivity index (χ3v) is 2.11. The maximum absolute atomic E-state index is 5.40. The first-order valence-electron chi connectivity index (χ1n) is 4.73. The van der Waals surface area contributed by atoms with E-state index in [2.05, 4.69) is 6.92 Å². The molecule has 1 aliphatic rings. The van der Waals surface area contributed by atoms with Crippen molar-refractivity contribution in [3.05, 3.63) is 11.8 Å². The zero-order valence-electron chi connectivity index (χ0n) is 7.44. The molecule has 1 rings (SSSR count). The van der Waals surface area contributed by atoms with Crippen LogP contribution >= 0.6 is 0 Å². The summed E-state index contributed by atoms with van der Waals surface area (Å²) in [6.07, 6.45) is 9.67. The Balaban J connectivity index is 2.03. The Kier molecular flexibility index (Phi) is 4.10. The molecule has 0 heterocycles. The summed E-state index contributed by atoms with van der Waals surface area (Å²) >= 11 is 0. The SMILES string of the molecule is CCCCOC=C1CCCC1. The second-order valence-corrected chi connectivity index (χ2v) is 3.21. The molecule has 0 saturated heterocycles. The fourth-order valence-electron chi connectivity index (χ4n) is 1.35. The summed E-state index contributed by atoms with van der Waals surface area (Å²) < 4.78 is 5.40. The molecule has 1 nitrogen and oxygen atoms in total. The molecule has 0 unspecified atom stereocenters. The molecule has 0 spiro atoms. The Morgan fingerprint density at radius 2 is 2.09 bits per heavy atom. The topological polar surface area (TPSA) is 9.23 Å². The highest BCUT2D eigenvalue weighted by molar-refractivity contribution is 5.02. The van der Waals surface area contributed by atoms with E-state index < -0.39 is 0 Å². The Labute approximate surface area is 69.4 Å². The van der Waals surface area contributed by atoms with Crippen LogP contribution in [0.4, 0.5) is 0 Å². The third kappa shape index (κ3) is 3.45. The third-order valence-electron chi connectivity index (χ3n) is 2.11. The van der Waals surface area contributed by atoms with Crippen LogP contribution in [-0.4, -0.2) is 6.61 Å². The van der Waals surface area contributed by atoms with Gasteiger partial charge in [-0.05, 0) is 37.7 Å². The van der Waals surface area contributed by atoms with E-state index in [0.717, 1.165) is 6.61 Å². The first-order valence-corrected chi connectivity index (χ1v) is 4.73. The Bertz CT molecular complexity index is 119. The summed E-state index contributed by atoms with van der Waals surface area (Å²) in [4.78, 5) is 0. The average Bonchev–Trinajstić information content (AvgIpc) is 2.50. The Morgan fingerprint density at radius 1 is 1.36 bits per heavy atom. The molecule has 64 valence electrons. The lowest BCUT2D eigenvalue weighted by Gasteiger charge is -1.99. The van der Waals surface area contributed by atoms with E-state index in [1.807, 2.05) is 6.26 Å². The molecular weight excluding hydrogens is 136 g/mol. The number of ether oxygens (including phenoxy) is 1. The second kappa shape index (κ2) is 5.22. The fourth-order valence-corrected chi connectivity index (χ4v) is 1.35. The van der Waals surface area contributed by atoms with Gasteiger partial charge in [-0.15, -0.1) is 0 Å². The van der Waals surface area contributed by atoms with Gasteiger partial charge in [0.2, 0.25) is 0 Å². The molecule has 0 bridgehead atoms. The molecular formula is C10H18O. The van der Waals surface area contributed by atoms with Crippen LogP contribution < -0.4 is 0 Å². The van der Waals surface area contributed by atoms with Gasteiger partial charge in [-0.25, -0.2) is 0 Å². The van der Waals surface area contributed by atoms with E-state index in [0.29, 0.717) is 0 Å². The normalized spacial score (nSPS) is 17.0. The van der Waals surface area contributed by atoms with Crippen molar-refractivity contribution in [1.82, 2.24) is 0 Å². The molecule has 0 atom stereocenters. The van der Waals surface area contributed by atoms with Crippen LogP contribution in [0.25, 0.3) is 0 Å². The van der Waals surface area contributed by atoms with Gasteiger partial charge in [0, 0.05) is 0 Å². The fraction of sp³-hybridized carbons (Fsp3) is 0.800. The minimum atomic E-state index is 0.903. The van der Waals surface area contributed by atoms with Gasteiger partial charge >= 0.3 is 0 Å². The monoisotopic (exact) mass is 154 g/mol. The number of hydrogen-bond donors (Lipinski definition) is 0. The highest BCUT2D eigenvalue weighted by atomic mass is 16.5. The van der Waals surface area contributed by atoms with Gasteiger partial charge < -0.3 is 4.74 Å². The van der Waals surface area contributed by atoms with Crippen LogP contribution in [0.5, 0.6) is 0 Å². The van der Waals surface area contributed by atoms with Gasteiger partial charge in [0.15, 0.2) is 0 Å². The van der Waals surface area contributed by atoms with E-state index in [4.69, 9.17) is 4.74 Å². The summed E-state index contributed by atoms with van der Waals surface area (Å²) in [6, 6.07) is 0. The predicted molar refractivity (Wildman–Crippen MR) is 47.4 cm³/mol. The largest absolute Gasteiger partial charge is 0.501 e. The minimum absolute atomic E-state index is 0.903. The van der Waals surface area contributed by atoms with E-state index in [1.165, 1.54) is 44.1 Å². The standard InChI is InChI=1S/C10H18O/c1-2-3-8-11-9-10-6-4-5-7-10/h9H,2-8H2,1H3. The molecule has 0 aliphatic heterocycles. The molecule has 0 aromatic carbocycles. The van der Waals surface area contributed by atoms with Crippen LogP contribution in [-0.2, 0) is 4.74 Å². The Morgan fingerprint density at radius 3 is 2.73 bits per heavy atom. The molecule has 1 fully saturated rings. The number of allylic oxidation sites excluding steroid dienone is 1. The maximum atomic E-state index is 5.40. The van der Waals surface area contributed by atoms with Crippen molar-refractivity contribution in [1.29, 1.82) is 0 Å². The summed E-state index contributed by atoms with van der Waals surface area (Å²) in [5.41, 5.74) is 1.51. The molecule has 11 heavy (non-hydrogen) atoms. The van der Waals surface area contributed by atoms with Crippen LogP contribution in [0.1, 0.15) is 45.4 Å². The van der Waals surface area contributed by atoms with Crippen molar-refractivity contribution in [2.24, 2.45) is 0 Å². The first kappa shape index (κ1) is 8.63. The van der Waals surface area contributed by atoms with Gasteiger partial charge in [0.1, 0.15) is 0 Å². The maximum Gasteiger partial charge on any atom is 0.0873 e. The van der Waals surface area contributed by atoms with Gasteiger partial charge in [-0.3, -0.25) is 0 Å². The summed E-state index contributed by atoms with van der Waals surface area (Å²) in [7, 11) is 0.